The number of rotatable bonds is 3. The summed E-state index contributed by atoms with van der Waals surface area (Å²) in [7, 11) is 0. The van der Waals surface area contributed by atoms with Crippen molar-refractivity contribution in [2.24, 2.45) is 0 Å². The number of nitriles is 1. The summed E-state index contributed by atoms with van der Waals surface area (Å²) in [5.41, 5.74) is 9.82. The van der Waals surface area contributed by atoms with Crippen LogP contribution in [0.15, 0.2) is 150 Å². The van der Waals surface area contributed by atoms with Crippen molar-refractivity contribution in [3.05, 3.63) is 163 Å². The van der Waals surface area contributed by atoms with Gasteiger partial charge in [-0.15, -0.1) is 0 Å². The molecule has 49 heavy (non-hydrogen) atoms. The van der Waals surface area contributed by atoms with E-state index in [9.17, 15) is 5.26 Å². The second-order valence-corrected chi connectivity index (χ2v) is 12.3. The van der Waals surface area contributed by atoms with Crippen LogP contribution < -0.4 is 0 Å². The van der Waals surface area contributed by atoms with Gasteiger partial charge in [-0.25, -0.2) is 4.85 Å². The van der Waals surface area contributed by atoms with E-state index >= 15 is 0 Å². The van der Waals surface area contributed by atoms with E-state index in [-0.39, 0.29) is 0 Å². The van der Waals surface area contributed by atoms with E-state index in [1.807, 2.05) is 60.7 Å². The monoisotopic (exact) mass is 624 g/mol. The normalized spacial score (nSPS) is 11.6. The van der Waals surface area contributed by atoms with Crippen molar-refractivity contribution >= 4 is 71.2 Å². The van der Waals surface area contributed by atoms with Gasteiger partial charge in [0.1, 0.15) is 17.2 Å². The van der Waals surface area contributed by atoms with Crippen LogP contribution in [0, 0.1) is 17.9 Å². The summed E-state index contributed by atoms with van der Waals surface area (Å²) in [4.78, 5) is 3.93. The third-order valence-electron chi connectivity index (χ3n) is 9.78. The maximum atomic E-state index is 11.0. The molecule has 3 aromatic heterocycles. The Kier molecular flexibility index (Phi) is 5.64. The Labute approximate surface area is 280 Å². The van der Waals surface area contributed by atoms with Crippen LogP contribution in [0.1, 0.15) is 5.56 Å². The topological polar surface area (TPSA) is 51.1 Å². The highest BCUT2D eigenvalue weighted by Crippen LogP contribution is 2.44. The predicted octanol–water partition coefficient (Wildman–Crippen LogP) is 11.9. The molecule has 0 fully saturated rings. The summed E-state index contributed by atoms with van der Waals surface area (Å²) >= 11 is 0. The van der Waals surface area contributed by atoms with Gasteiger partial charge in [-0.2, -0.15) is 5.26 Å². The summed E-state index contributed by atoms with van der Waals surface area (Å²) in [5, 5.41) is 17.6. The molecule has 0 spiro atoms. The highest BCUT2D eigenvalue weighted by atomic mass is 16.3. The van der Waals surface area contributed by atoms with Crippen molar-refractivity contribution in [3.8, 4) is 28.6 Å². The summed E-state index contributed by atoms with van der Waals surface area (Å²) in [6.07, 6.45) is 0. The van der Waals surface area contributed by atoms with Crippen molar-refractivity contribution in [1.29, 1.82) is 5.26 Å². The Morgan fingerprint density at radius 2 is 1.20 bits per heavy atom. The molecular weight excluding hydrogens is 601 g/mol. The van der Waals surface area contributed by atoms with Gasteiger partial charge in [0.2, 0.25) is 0 Å². The minimum Gasteiger partial charge on any atom is -0.456 e. The van der Waals surface area contributed by atoms with Gasteiger partial charge in [0.05, 0.1) is 39.9 Å². The first kappa shape index (κ1) is 27.1. The van der Waals surface area contributed by atoms with Crippen molar-refractivity contribution in [3.63, 3.8) is 0 Å². The third-order valence-corrected chi connectivity index (χ3v) is 9.78. The van der Waals surface area contributed by atoms with E-state index in [0.29, 0.717) is 16.8 Å². The zero-order valence-electron chi connectivity index (χ0n) is 26.1. The van der Waals surface area contributed by atoms with Gasteiger partial charge < -0.3 is 13.6 Å². The number of nitrogens with zero attached hydrogens (tertiary/aromatic N) is 4. The maximum Gasteiger partial charge on any atom is 0.196 e. The van der Waals surface area contributed by atoms with Gasteiger partial charge in [0.15, 0.2) is 5.69 Å². The second kappa shape index (κ2) is 10.2. The van der Waals surface area contributed by atoms with Crippen LogP contribution in [0.5, 0.6) is 0 Å². The van der Waals surface area contributed by atoms with Crippen LogP contribution in [-0.2, 0) is 0 Å². The Balaban J connectivity index is 1.26. The molecule has 5 heteroatoms. The predicted molar refractivity (Wildman–Crippen MR) is 199 cm³/mol. The average molecular weight is 625 g/mol. The standard InChI is InChI=1S/C44H24N4O/c1-46-34-21-22-38(48-37-19-8-4-15-31(37)43-39(48)23-24-41-44(43)32-16-5-9-20-40(32)49-41)33(26-45)42(34)27-11-10-12-28(25-27)47-35-17-6-2-13-29(35)30-14-3-7-18-36(30)47/h2-25H. The van der Waals surface area contributed by atoms with Gasteiger partial charge in [-0.1, -0.05) is 91.0 Å². The fraction of sp³-hybridized carbons (Fsp3) is 0. The molecule has 0 amide bonds. The molecule has 5 nitrogen and oxygen atoms in total. The molecule has 10 rings (SSSR count). The smallest absolute Gasteiger partial charge is 0.196 e. The first-order chi connectivity index (χ1) is 24.2. The van der Waals surface area contributed by atoms with Crippen molar-refractivity contribution in [1.82, 2.24) is 9.13 Å². The van der Waals surface area contributed by atoms with E-state index < -0.39 is 0 Å². The molecular formula is C44H24N4O. The molecule has 0 unspecified atom stereocenters. The molecule has 0 radical (unpaired) electrons. The first-order valence-corrected chi connectivity index (χ1v) is 16.1. The van der Waals surface area contributed by atoms with Crippen LogP contribution in [0.4, 0.5) is 5.69 Å². The molecule has 7 aromatic carbocycles. The van der Waals surface area contributed by atoms with Crippen LogP contribution in [0.2, 0.25) is 0 Å². The van der Waals surface area contributed by atoms with Crippen molar-refractivity contribution in [2.45, 2.75) is 0 Å². The highest BCUT2D eigenvalue weighted by Gasteiger charge is 2.23. The fourth-order valence-corrected chi connectivity index (χ4v) is 7.80. The lowest BCUT2D eigenvalue weighted by molar-refractivity contribution is 0.669. The number of hydrogen-bond donors (Lipinski definition) is 0. The largest absolute Gasteiger partial charge is 0.456 e. The highest BCUT2D eigenvalue weighted by molar-refractivity contribution is 6.27. The average Bonchev–Trinajstić information content (AvgIpc) is 3.82. The van der Waals surface area contributed by atoms with Crippen LogP contribution in [0.25, 0.3) is 92.9 Å². The molecule has 0 aliphatic rings. The minimum atomic E-state index is 0.434. The molecule has 0 saturated carbocycles. The number of para-hydroxylation sites is 4. The lowest BCUT2D eigenvalue weighted by atomic mass is 9.96. The van der Waals surface area contributed by atoms with Crippen molar-refractivity contribution in [2.75, 3.05) is 0 Å². The first-order valence-electron chi connectivity index (χ1n) is 16.1. The molecule has 0 bridgehead atoms. The maximum absolute atomic E-state index is 11.0. The second-order valence-electron chi connectivity index (χ2n) is 12.3. The number of aromatic nitrogens is 2. The van der Waals surface area contributed by atoms with Crippen LogP contribution in [0.3, 0.4) is 0 Å². The van der Waals surface area contributed by atoms with E-state index in [4.69, 9.17) is 11.0 Å². The Morgan fingerprint density at radius 1 is 0.551 bits per heavy atom. The fourth-order valence-electron chi connectivity index (χ4n) is 7.80. The summed E-state index contributed by atoms with van der Waals surface area (Å²) in [5.74, 6) is 0. The molecule has 0 saturated heterocycles. The molecule has 226 valence electrons. The number of benzene rings is 7. The summed E-state index contributed by atoms with van der Waals surface area (Å²) in [6, 6.07) is 51.8. The number of fused-ring (bicyclic) bond motifs is 10. The lowest BCUT2D eigenvalue weighted by Gasteiger charge is -2.16. The SMILES string of the molecule is [C-]#[N+]c1ccc(-n2c3ccccc3c3c4c(ccc32)oc2ccccc24)c(C#N)c1-c1cccc(-n2c3ccccc3c3ccccc32)c1. The lowest BCUT2D eigenvalue weighted by Crippen LogP contribution is -2.00. The minimum absolute atomic E-state index is 0.434. The molecule has 0 N–H and O–H groups in total. The third kappa shape index (κ3) is 3.73. The summed E-state index contributed by atoms with van der Waals surface area (Å²) < 4.78 is 10.7. The molecule has 10 aromatic rings. The zero-order valence-corrected chi connectivity index (χ0v) is 26.1. The van der Waals surface area contributed by atoms with E-state index in [1.165, 1.54) is 10.8 Å². The molecule has 0 atom stereocenters. The van der Waals surface area contributed by atoms with Crippen LogP contribution >= 0.6 is 0 Å². The summed E-state index contributed by atoms with van der Waals surface area (Å²) in [6.45, 7) is 8.16. The van der Waals surface area contributed by atoms with Gasteiger partial charge in [0, 0.05) is 43.6 Å². The quantitative estimate of drug-likeness (QED) is 0.184. The Hall–Kier alpha value is -7.08. The van der Waals surface area contributed by atoms with E-state index in [0.717, 1.165) is 71.7 Å². The van der Waals surface area contributed by atoms with Crippen LogP contribution in [-0.4, -0.2) is 9.13 Å². The molecule has 3 heterocycles. The Bertz CT molecular complexity index is 3030. The van der Waals surface area contributed by atoms with Gasteiger partial charge >= 0.3 is 0 Å². The molecule has 0 aliphatic heterocycles. The number of hydrogen-bond acceptors (Lipinski definition) is 2. The van der Waals surface area contributed by atoms with E-state index in [2.05, 4.69) is 105 Å². The van der Waals surface area contributed by atoms with Gasteiger partial charge in [0.25, 0.3) is 0 Å². The van der Waals surface area contributed by atoms with Gasteiger partial charge in [-0.05, 0) is 60.2 Å². The molecule has 0 aliphatic carbocycles. The number of furan rings is 1. The van der Waals surface area contributed by atoms with Gasteiger partial charge in [-0.3, -0.25) is 0 Å². The van der Waals surface area contributed by atoms with Crippen molar-refractivity contribution < 1.29 is 4.42 Å². The van der Waals surface area contributed by atoms with E-state index in [1.54, 1.807) is 0 Å². The zero-order chi connectivity index (χ0) is 32.6. The Morgan fingerprint density at radius 3 is 1.92 bits per heavy atom.